The average Bonchev–Trinajstić information content (AvgIpc) is 3.42. The van der Waals surface area contributed by atoms with Crippen LogP contribution < -0.4 is 0 Å². The van der Waals surface area contributed by atoms with Crippen molar-refractivity contribution in [2.45, 2.75) is 20.4 Å². The minimum Gasteiger partial charge on any atom is -0.306 e. The average molecular weight is 423 g/mol. The summed E-state index contributed by atoms with van der Waals surface area (Å²) in [5.74, 6) is 0.836. The van der Waals surface area contributed by atoms with Gasteiger partial charge >= 0.3 is 0 Å². The fraction of sp³-hybridized carbons (Fsp3) is 0.167. The van der Waals surface area contributed by atoms with Crippen molar-refractivity contribution in [3.8, 4) is 33.9 Å². The zero-order valence-corrected chi connectivity index (χ0v) is 18.0. The summed E-state index contributed by atoms with van der Waals surface area (Å²) in [6.07, 6.45) is 5.34. The highest BCUT2D eigenvalue weighted by molar-refractivity contribution is 5.97. The zero-order chi connectivity index (χ0) is 22.2. The minimum atomic E-state index is -0.107. The number of pyridine rings is 1. The fourth-order valence-electron chi connectivity index (χ4n) is 3.80. The maximum atomic E-state index is 12.3. The lowest BCUT2D eigenvalue weighted by molar-refractivity contribution is 0.1000. The molecular weight excluding hydrogens is 402 g/mol. The van der Waals surface area contributed by atoms with Crippen LogP contribution in [0, 0.1) is 0 Å². The van der Waals surface area contributed by atoms with Crippen LogP contribution in [-0.4, -0.2) is 40.1 Å². The molecule has 32 heavy (non-hydrogen) atoms. The first-order chi connectivity index (χ1) is 15.5. The number of aryl methyl sites for hydroxylation is 2. The van der Waals surface area contributed by atoms with Crippen molar-refractivity contribution in [2.75, 3.05) is 0 Å². The molecule has 0 saturated heterocycles. The summed E-state index contributed by atoms with van der Waals surface area (Å²) in [6, 6.07) is 13.7. The predicted molar refractivity (Wildman–Crippen MR) is 122 cm³/mol. The van der Waals surface area contributed by atoms with Crippen LogP contribution in [0.5, 0.6) is 0 Å². The number of ketones is 1. The van der Waals surface area contributed by atoms with Crippen LogP contribution in [0.2, 0.25) is 0 Å². The number of Topliss-reactive ketones (excluding diaryl/α,β-unsaturated/α-hetero) is 1. The topological polar surface area (TPSA) is 91.4 Å². The predicted octanol–water partition coefficient (Wildman–Crippen LogP) is 4.18. The summed E-state index contributed by atoms with van der Waals surface area (Å²) < 4.78 is 3.62. The van der Waals surface area contributed by atoms with Crippen LogP contribution in [0.3, 0.4) is 0 Å². The first-order valence-corrected chi connectivity index (χ1v) is 10.3. The van der Waals surface area contributed by atoms with E-state index in [-0.39, 0.29) is 5.78 Å². The van der Waals surface area contributed by atoms with Crippen molar-refractivity contribution in [1.82, 2.24) is 34.3 Å². The monoisotopic (exact) mass is 423 g/mol. The number of hydrogen-bond donors (Lipinski definition) is 0. The standard InChI is InChI=1S/C24H21N7O/c1-4-31-23(15(2)32)27-21-20(16-8-11-25-12-9-16)26-22(28-24(21)31)18-7-5-6-17(14-18)19-10-13-30(3)29-19/h5-14H,4H2,1-3H3. The highest BCUT2D eigenvalue weighted by atomic mass is 16.1. The molecule has 0 aliphatic heterocycles. The van der Waals surface area contributed by atoms with Gasteiger partial charge in [-0.25, -0.2) is 15.0 Å². The Balaban J connectivity index is 1.77. The van der Waals surface area contributed by atoms with Gasteiger partial charge in [0.25, 0.3) is 0 Å². The van der Waals surface area contributed by atoms with Crippen molar-refractivity contribution >= 4 is 16.9 Å². The number of benzene rings is 1. The van der Waals surface area contributed by atoms with Crippen LogP contribution in [0.25, 0.3) is 45.1 Å². The van der Waals surface area contributed by atoms with E-state index in [1.165, 1.54) is 6.92 Å². The van der Waals surface area contributed by atoms with Gasteiger partial charge in [0.05, 0.1) is 5.69 Å². The Kier molecular flexibility index (Phi) is 4.82. The molecule has 0 aliphatic rings. The van der Waals surface area contributed by atoms with Gasteiger partial charge in [0, 0.05) is 55.8 Å². The molecule has 0 spiro atoms. The van der Waals surface area contributed by atoms with Gasteiger partial charge in [-0.15, -0.1) is 0 Å². The van der Waals surface area contributed by atoms with Gasteiger partial charge in [-0.1, -0.05) is 18.2 Å². The zero-order valence-electron chi connectivity index (χ0n) is 18.0. The Bertz CT molecular complexity index is 1450. The molecule has 0 unspecified atom stereocenters. The number of imidazole rings is 1. The lowest BCUT2D eigenvalue weighted by Gasteiger charge is -2.08. The molecule has 158 valence electrons. The van der Waals surface area contributed by atoms with Gasteiger partial charge in [-0.05, 0) is 31.2 Å². The number of hydrogen-bond acceptors (Lipinski definition) is 6. The Morgan fingerprint density at radius 3 is 2.44 bits per heavy atom. The molecule has 8 heteroatoms. The maximum Gasteiger partial charge on any atom is 0.195 e. The van der Waals surface area contributed by atoms with E-state index < -0.39 is 0 Å². The Morgan fingerprint density at radius 1 is 0.969 bits per heavy atom. The van der Waals surface area contributed by atoms with E-state index in [4.69, 9.17) is 9.97 Å². The molecule has 0 bridgehead atoms. The summed E-state index contributed by atoms with van der Waals surface area (Å²) >= 11 is 0. The van der Waals surface area contributed by atoms with Crippen LogP contribution in [-0.2, 0) is 13.6 Å². The maximum absolute atomic E-state index is 12.3. The van der Waals surface area contributed by atoms with E-state index in [1.807, 2.05) is 67.2 Å². The molecule has 0 atom stereocenters. The van der Waals surface area contributed by atoms with Crippen molar-refractivity contribution in [3.05, 3.63) is 66.9 Å². The van der Waals surface area contributed by atoms with Gasteiger partial charge < -0.3 is 4.57 Å². The molecule has 8 nitrogen and oxygen atoms in total. The first kappa shape index (κ1) is 19.7. The van der Waals surface area contributed by atoms with E-state index in [2.05, 4.69) is 15.1 Å². The summed E-state index contributed by atoms with van der Waals surface area (Å²) in [5.41, 5.74) is 5.49. The molecule has 5 aromatic rings. The number of nitrogens with zero attached hydrogens (tertiary/aromatic N) is 7. The molecule has 0 saturated carbocycles. The SMILES string of the molecule is CCn1c(C(C)=O)nc2c(-c3ccncc3)nc(-c3cccc(-c4ccn(C)n4)c3)nc21. The summed E-state index contributed by atoms with van der Waals surface area (Å²) in [4.78, 5) is 30.7. The number of rotatable bonds is 5. The van der Waals surface area contributed by atoms with E-state index in [0.717, 1.165) is 22.4 Å². The lowest BCUT2D eigenvalue weighted by atomic mass is 10.1. The lowest BCUT2D eigenvalue weighted by Crippen LogP contribution is -2.07. The highest BCUT2D eigenvalue weighted by Gasteiger charge is 2.21. The van der Waals surface area contributed by atoms with Crippen molar-refractivity contribution in [3.63, 3.8) is 0 Å². The molecule has 0 aliphatic carbocycles. The molecule has 1 aromatic carbocycles. The smallest absolute Gasteiger partial charge is 0.195 e. The van der Waals surface area contributed by atoms with E-state index in [9.17, 15) is 4.79 Å². The molecular formula is C24H21N7O. The Labute approximate surface area is 184 Å². The van der Waals surface area contributed by atoms with Crippen molar-refractivity contribution in [2.24, 2.45) is 7.05 Å². The van der Waals surface area contributed by atoms with Crippen LogP contribution >= 0.6 is 0 Å². The Hall–Kier alpha value is -4.20. The normalized spacial score (nSPS) is 11.2. The molecule has 5 rings (SSSR count). The van der Waals surface area contributed by atoms with Crippen LogP contribution in [0.4, 0.5) is 0 Å². The molecule has 4 aromatic heterocycles. The second-order valence-corrected chi connectivity index (χ2v) is 7.50. The fourth-order valence-corrected chi connectivity index (χ4v) is 3.80. The third kappa shape index (κ3) is 3.35. The largest absolute Gasteiger partial charge is 0.306 e. The second kappa shape index (κ2) is 7.81. The van der Waals surface area contributed by atoms with E-state index >= 15 is 0 Å². The summed E-state index contributed by atoms with van der Waals surface area (Å²) in [6.45, 7) is 4.07. The third-order valence-corrected chi connectivity index (χ3v) is 5.31. The van der Waals surface area contributed by atoms with Gasteiger partial charge in [0.1, 0.15) is 11.2 Å². The quantitative estimate of drug-likeness (QED) is 0.394. The number of carbonyl (C=O) groups is 1. The highest BCUT2D eigenvalue weighted by Crippen LogP contribution is 2.30. The van der Waals surface area contributed by atoms with Crippen LogP contribution in [0.1, 0.15) is 24.5 Å². The first-order valence-electron chi connectivity index (χ1n) is 10.3. The Morgan fingerprint density at radius 2 is 1.75 bits per heavy atom. The molecule has 0 fully saturated rings. The van der Waals surface area contributed by atoms with Gasteiger partial charge in [-0.2, -0.15) is 5.10 Å². The molecule has 0 amide bonds. The number of aromatic nitrogens is 7. The third-order valence-electron chi connectivity index (χ3n) is 5.31. The van der Waals surface area contributed by atoms with Gasteiger partial charge in [-0.3, -0.25) is 14.5 Å². The summed E-state index contributed by atoms with van der Waals surface area (Å²) in [5, 5.41) is 4.50. The molecule has 0 radical (unpaired) electrons. The number of fused-ring (bicyclic) bond motifs is 1. The van der Waals surface area contributed by atoms with Crippen molar-refractivity contribution < 1.29 is 4.79 Å². The number of carbonyl (C=O) groups excluding carboxylic acids is 1. The second-order valence-electron chi connectivity index (χ2n) is 7.50. The molecule has 0 N–H and O–H groups in total. The van der Waals surface area contributed by atoms with Gasteiger partial charge in [0.2, 0.25) is 0 Å². The van der Waals surface area contributed by atoms with Gasteiger partial charge in [0.15, 0.2) is 23.1 Å². The van der Waals surface area contributed by atoms with Crippen LogP contribution in [0.15, 0.2) is 61.1 Å². The van der Waals surface area contributed by atoms with E-state index in [1.54, 1.807) is 17.1 Å². The summed E-state index contributed by atoms with van der Waals surface area (Å²) in [7, 11) is 1.89. The van der Waals surface area contributed by atoms with Crippen molar-refractivity contribution in [1.29, 1.82) is 0 Å². The van der Waals surface area contributed by atoms with E-state index in [0.29, 0.717) is 35.1 Å². The minimum absolute atomic E-state index is 0.107. The molecule has 4 heterocycles.